The Morgan fingerprint density at radius 1 is 0.905 bits per heavy atom. The van der Waals surface area contributed by atoms with Gasteiger partial charge in [-0.25, -0.2) is 4.79 Å². The molecule has 0 spiro atoms. The van der Waals surface area contributed by atoms with Gasteiger partial charge in [-0.3, -0.25) is 4.79 Å². The van der Waals surface area contributed by atoms with E-state index in [1.54, 1.807) is 0 Å². The van der Waals surface area contributed by atoms with Crippen LogP contribution in [0.3, 0.4) is 0 Å². The van der Waals surface area contributed by atoms with Gasteiger partial charge in [-0.2, -0.15) is 0 Å². The van der Waals surface area contributed by atoms with Gasteiger partial charge in [0.1, 0.15) is 0 Å². The predicted octanol–water partition coefficient (Wildman–Crippen LogP) is 4.48. The van der Waals surface area contributed by atoms with E-state index in [0.717, 1.165) is 12.8 Å². The van der Waals surface area contributed by atoms with Crippen molar-refractivity contribution in [3.63, 3.8) is 0 Å². The van der Waals surface area contributed by atoms with Crippen LogP contribution in [0.25, 0.3) is 0 Å². The molecule has 1 N–H and O–H groups in total. The van der Waals surface area contributed by atoms with Crippen molar-refractivity contribution < 1.29 is 19.4 Å². The topological polar surface area (TPSA) is 63.6 Å². The molecule has 0 atom stereocenters. The van der Waals surface area contributed by atoms with Crippen LogP contribution in [0.5, 0.6) is 0 Å². The van der Waals surface area contributed by atoms with Crippen molar-refractivity contribution >= 4 is 11.9 Å². The molecule has 0 radical (unpaired) electrons. The van der Waals surface area contributed by atoms with Gasteiger partial charge in [-0.1, -0.05) is 71.3 Å². The Kier molecular flexibility index (Phi) is 12.8. The second-order valence-corrected chi connectivity index (χ2v) is 5.49. The summed E-state index contributed by atoms with van der Waals surface area (Å²) in [6, 6.07) is 0. The number of rotatable bonds is 14. The number of ether oxygens (including phenoxy) is 1. The van der Waals surface area contributed by atoms with Crippen LogP contribution in [-0.4, -0.2) is 23.7 Å². The van der Waals surface area contributed by atoms with Gasteiger partial charge in [0.15, 0.2) is 0 Å². The number of unbranched alkanes of at least 4 members (excludes halogenated alkanes) is 9. The zero-order valence-corrected chi connectivity index (χ0v) is 13.4. The van der Waals surface area contributed by atoms with Crippen LogP contribution in [-0.2, 0) is 14.3 Å². The maximum Gasteiger partial charge on any atom is 0.331 e. The summed E-state index contributed by atoms with van der Waals surface area (Å²) in [5.74, 6) is -1.65. The van der Waals surface area contributed by atoms with Crippen LogP contribution >= 0.6 is 0 Å². The lowest BCUT2D eigenvalue weighted by molar-refractivity contribution is -0.144. The minimum Gasteiger partial charge on any atom is -0.478 e. The first-order valence-electron chi connectivity index (χ1n) is 8.14. The number of carboxylic acids is 1. The number of aliphatic carboxylic acids is 1. The maximum absolute atomic E-state index is 11.3. The molecule has 122 valence electrons. The minimum atomic E-state index is -1.15. The van der Waals surface area contributed by atoms with Crippen molar-refractivity contribution in [3.8, 4) is 0 Å². The van der Waals surface area contributed by atoms with Crippen LogP contribution in [0, 0.1) is 0 Å². The molecular weight excluding hydrogens is 268 g/mol. The fourth-order valence-electron chi connectivity index (χ4n) is 2.08. The van der Waals surface area contributed by atoms with E-state index in [2.05, 4.69) is 13.5 Å². The summed E-state index contributed by atoms with van der Waals surface area (Å²) in [5, 5.41) is 8.58. The molecule has 4 nitrogen and oxygen atoms in total. The number of hydrogen-bond acceptors (Lipinski definition) is 3. The summed E-state index contributed by atoms with van der Waals surface area (Å²) < 4.78 is 4.97. The molecule has 0 saturated heterocycles. The Balaban J connectivity index is 3.27. The third-order valence-corrected chi connectivity index (χ3v) is 3.42. The van der Waals surface area contributed by atoms with Gasteiger partial charge in [0.2, 0.25) is 0 Å². The van der Waals surface area contributed by atoms with E-state index < -0.39 is 11.9 Å². The van der Waals surface area contributed by atoms with E-state index >= 15 is 0 Å². The average molecular weight is 298 g/mol. The summed E-state index contributed by atoms with van der Waals surface area (Å²) in [5.41, 5.74) is -0.122. The first kappa shape index (κ1) is 19.7. The van der Waals surface area contributed by atoms with Gasteiger partial charge in [0.25, 0.3) is 0 Å². The Morgan fingerprint density at radius 3 is 1.86 bits per heavy atom. The first-order valence-corrected chi connectivity index (χ1v) is 8.14. The number of carbonyl (C=O) groups excluding carboxylic acids is 1. The first-order chi connectivity index (χ1) is 10.1. The van der Waals surface area contributed by atoms with Gasteiger partial charge < -0.3 is 9.84 Å². The Labute approximate surface area is 128 Å². The highest BCUT2D eigenvalue weighted by Crippen LogP contribution is 2.10. The fourth-order valence-corrected chi connectivity index (χ4v) is 2.08. The van der Waals surface area contributed by atoms with Crippen LogP contribution in [0.1, 0.15) is 77.6 Å². The molecule has 0 aliphatic heterocycles. The number of carbonyl (C=O) groups is 2. The number of esters is 1. The fraction of sp³-hybridized carbons (Fsp3) is 0.765. The molecule has 0 bridgehead atoms. The van der Waals surface area contributed by atoms with Crippen LogP contribution in [0.15, 0.2) is 12.2 Å². The third kappa shape index (κ3) is 13.4. The Morgan fingerprint density at radius 2 is 1.38 bits per heavy atom. The normalized spacial score (nSPS) is 10.3. The Bertz CT molecular complexity index is 310. The highest BCUT2D eigenvalue weighted by atomic mass is 16.5. The lowest BCUT2D eigenvalue weighted by atomic mass is 10.1. The van der Waals surface area contributed by atoms with E-state index in [9.17, 15) is 9.59 Å². The zero-order valence-electron chi connectivity index (χ0n) is 13.4. The molecule has 0 saturated carbocycles. The molecule has 0 aromatic heterocycles. The maximum atomic E-state index is 11.3. The van der Waals surface area contributed by atoms with E-state index in [0.29, 0.717) is 6.61 Å². The molecule has 0 rings (SSSR count). The summed E-state index contributed by atoms with van der Waals surface area (Å²) in [6.45, 7) is 5.90. The van der Waals surface area contributed by atoms with E-state index in [4.69, 9.17) is 9.84 Å². The van der Waals surface area contributed by atoms with E-state index in [1.165, 1.54) is 51.4 Å². The van der Waals surface area contributed by atoms with Crippen molar-refractivity contribution in [1.29, 1.82) is 0 Å². The quantitative estimate of drug-likeness (QED) is 0.292. The molecule has 0 aliphatic carbocycles. The van der Waals surface area contributed by atoms with Crippen molar-refractivity contribution in [1.82, 2.24) is 0 Å². The van der Waals surface area contributed by atoms with Gasteiger partial charge in [-0.05, 0) is 6.42 Å². The minimum absolute atomic E-state index is 0.122. The summed E-state index contributed by atoms with van der Waals surface area (Å²) >= 11 is 0. The molecule has 0 heterocycles. The van der Waals surface area contributed by atoms with Crippen molar-refractivity contribution in [3.05, 3.63) is 12.2 Å². The molecule has 0 fully saturated rings. The summed E-state index contributed by atoms with van der Waals surface area (Å²) in [4.78, 5) is 21.8. The Hall–Kier alpha value is -1.32. The zero-order chi connectivity index (χ0) is 15.9. The van der Waals surface area contributed by atoms with Crippen LogP contribution < -0.4 is 0 Å². The standard InChI is InChI=1S/C17H30O4/c1-3-4-5-6-7-8-9-10-11-12-13-21-16(18)14-15(2)17(19)20/h2-14H2,1H3,(H,19,20). The average Bonchev–Trinajstić information content (AvgIpc) is 2.44. The predicted molar refractivity (Wildman–Crippen MR) is 84.2 cm³/mol. The molecule has 21 heavy (non-hydrogen) atoms. The largest absolute Gasteiger partial charge is 0.478 e. The molecule has 0 aromatic rings. The van der Waals surface area contributed by atoms with E-state index in [1.807, 2.05) is 0 Å². The summed E-state index contributed by atoms with van der Waals surface area (Å²) in [7, 11) is 0. The van der Waals surface area contributed by atoms with Crippen molar-refractivity contribution in [2.24, 2.45) is 0 Å². The van der Waals surface area contributed by atoms with Crippen LogP contribution in [0.2, 0.25) is 0 Å². The van der Waals surface area contributed by atoms with Gasteiger partial charge in [-0.15, -0.1) is 0 Å². The molecular formula is C17H30O4. The highest BCUT2D eigenvalue weighted by molar-refractivity contribution is 5.91. The molecule has 0 aliphatic rings. The smallest absolute Gasteiger partial charge is 0.331 e. The monoisotopic (exact) mass is 298 g/mol. The third-order valence-electron chi connectivity index (χ3n) is 3.42. The van der Waals surface area contributed by atoms with Gasteiger partial charge >= 0.3 is 11.9 Å². The van der Waals surface area contributed by atoms with Gasteiger partial charge in [0.05, 0.1) is 13.0 Å². The molecule has 0 amide bonds. The van der Waals surface area contributed by atoms with Gasteiger partial charge in [0, 0.05) is 5.57 Å². The highest BCUT2D eigenvalue weighted by Gasteiger charge is 2.10. The lowest BCUT2D eigenvalue weighted by Gasteiger charge is -2.05. The number of hydrogen-bond donors (Lipinski definition) is 1. The summed E-state index contributed by atoms with van der Waals surface area (Å²) in [6.07, 6.45) is 12.1. The lowest BCUT2D eigenvalue weighted by Crippen LogP contribution is -2.10. The molecule has 0 aromatic carbocycles. The van der Waals surface area contributed by atoms with Crippen molar-refractivity contribution in [2.45, 2.75) is 77.6 Å². The molecule has 0 unspecified atom stereocenters. The van der Waals surface area contributed by atoms with Crippen LogP contribution in [0.4, 0.5) is 0 Å². The van der Waals surface area contributed by atoms with Crippen molar-refractivity contribution in [2.75, 3.05) is 6.61 Å². The number of carboxylic acid groups (broad SMARTS) is 1. The SMILES string of the molecule is C=C(CC(=O)OCCCCCCCCCCCC)C(=O)O. The second kappa shape index (κ2) is 13.7. The van der Waals surface area contributed by atoms with E-state index in [-0.39, 0.29) is 12.0 Å². The second-order valence-electron chi connectivity index (χ2n) is 5.49. The molecule has 4 heteroatoms.